The number of sulfonamides is 1. The molecule has 0 fully saturated rings. The first-order chi connectivity index (χ1) is 9.67. The number of rotatable bonds is 4. The molecular weight excluding hydrogens is 312 g/mol. The Labute approximate surface area is 130 Å². The van der Waals surface area contributed by atoms with Crippen LogP contribution in [0.1, 0.15) is 17.2 Å². The SMILES string of the molecule is Cl.O=S(=O)(NCC1NCCc2ccccc21)c1ccco1. The number of hydrogen-bond donors (Lipinski definition) is 2. The fourth-order valence-corrected chi connectivity index (χ4v) is 3.42. The van der Waals surface area contributed by atoms with E-state index in [2.05, 4.69) is 16.1 Å². The molecule has 0 saturated carbocycles. The van der Waals surface area contributed by atoms with E-state index in [1.807, 2.05) is 18.2 Å². The van der Waals surface area contributed by atoms with Crippen molar-refractivity contribution >= 4 is 22.4 Å². The van der Waals surface area contributed by atoms with Crippen LogP contribution in [0.5, 0.6) is 0 Å². The van der Waals surface area contributed by atoms with E-state index in [9.17, 15) is 8.42 Å². The van der Waals surface area contributed by atoms with Gasteiger partial charge >= 0.3 is 0 Å². The van der Waals surface area contributed by atoms with Gasteiger partial charge in [-0.1, -0.05) is 24.3 Å². The highest BCUT2D eigenvalue weighted by Crippen LogP contribution is 2.22. The molecule has 21 heavy (non-hydrogen) atoms. The molecule has 1 aliphatic rings. The van der Waals surface area contributed by atoms with Gasteiger partial charge in [0.05, 0.1) is 6.26 Å². The van der Waals surface area contributed by atoms with Crippen LogP contribution in [0.25, 0.3) is 0 Å². The molecule has 1 unspecified atom stereocenters. The quantitative estimate of drug-likeness (QED) is 0.898. The van der Waals surface area contributed by atoms with Crippen LogP contribution in [-0.2, 0) is 16.4 Å². The van der Waals surface area contributed by atoms with Gasteiger partial charge in [-0.3, -0.25) is 0 Å². The zero-order chi connectivity index (χ0) is 14.0. The van der Waals surface area contributed by atoms with Crippen molar-refractivity contribution in [3.8, 4) is 0 Å². The number of nitrogens with one attached hydrogen (secondary N) is 2. The van der Waals surface area contributed by atoms with Gasteiger partial charge in [-0.05, 0) is 36.2 Å². The van der Waals surface area contributed by atoms with Crippen LogP contribution in [0.4, 0.5) is 0 Å². The van der Waals surface area contributed by atoms with Gasteiger partial charge in [0.25, 0.3) is 10.0 Å². The highest BCUT2D eigenvalue weighted by atomic mass is 35.5. The number of hydrogen-bond acceptors (Lipinski definition) is 4. The molecule has 0 saturated heterocycles. The van der Waals surface area contributed by atoms with Crippen molar-refractivity contribution in [2.24, 2.45) is 0 Å². The Kier molecular flexibility index (Phi) is 5.05. The first kappa shape index (κ1) is 16.0. The van der Waals surface area contributed by atoms with Gasteiger partial charge in [-0.15, -0.1) is 12.4 Å². The third-order valence-electron chi connectivity index (χ3n) is 3.45. The molecule has 2 heterocycles. The summed E-state index contributed by atoms with van der Waals surface area (Å²) in [6, 6.07) is 11.1. The van der Waals surface area contributed by atoms with Crippen molar-refractivity contribution in [1.29, 1.82) is 0 Å². The van der Waals surface area contributed by atoms with Crippen LogP contribution in [-0.4, -0.2) is 21.5 Å². The van der Waals surface area contributed by atoms with Gasteiger partial charge in [0.2, 0.25) is 5.09 Å². The highest BCUT2D eigenvalue weighted by molar-refractivity contribution is 7.89. The first-order valence-electron chi connectivity index (χ1n) is 6.51. The van der Waals surface area contributed by atoms with Crippen molar-refractivity contribution in [2.75, 3.05) is 13.1 Å². The lowest BCUT2D eigenvalue weighted by Gasteiger charge is -2.26. The smallest absolute Gasteiger partial charge is 0.274 e. The van der Waals surface area contributed by atoms with Gasteiger partial charge in [0.15, 0.2) is 0 Å². The molecule has 0 spiro atoms. The predicted octanol–water partition coefficient (Wildman–Crippen LogP) is 1.87. The summed E-state index contributed by atoms with van der Waals surface area (Å²) in [5.41, 5.74) is 2.43. The molecule has 114 valence electrons. The predicted molar refractivity (Wildman–Crippen MR) is 82.0 cm³/mol. The van der Waals surface area contributed by atoms with Crippen molar-refractivity contribution < 1.29 is 12.8 Å². The maximum Gasteiger partial charge on any atom is 0.274 e. The summed E-state index contributed by atoms with van der Waals surface area (Å²) in [6.45, 7) is 1.16. The molecule has 0 bridgehead atoms. The Morgan fingerprint density at radius 3 is 2.81 bits per heavy atom. The van der Waals surface area contributed by atoms with Crippen molar-refractivity contribution in [3.63, 3.8) is 0 Å². The standard InChI is InChI=1S/C14H16N2O3S.ClH/c17-20(18,14-6-3-9-19-14)16-10-13-12-5-2-1-4-11(12)7-8-15-13;/h1-6,9,13,15-16H,7-8,10H2;1H. The molecule has 2 aromatic rings. The number of benzene rings is 1. The Morgan fingerprint density at radius 1 is 1.24 bits per heavy atom. The van der Waals surface area contributed by atoms with Crippen LogP contribution in [0.15, 0.2) is 52.2 Å². The van der Waals surface area contributed by atoms with Crippen molar-refractivity contribution in [1.82, 2.24) is 10.0 Å². The lowest BCUT2D eigenvalue weighted by molar-refractivity contribution is 0.439. The van der Waals surface area contributed by atoms with Gasteiger partial charge in [-0.25, -0.2) is 13.1 Å². The van der Waals surface area contributed by atoms with Crippen molar-refractivity contribution in [3.05, 3.63) is 53.8 Å². The Bertz CT molecular complexity index is 686. The second-order valence-corrected chi connectivity index (χ2v) is 6.44. The fraction of sp³-hybridized carbons (Fsp3) is 0.286. The summed E-state index contributed by atoms with van der Waals surface area (Å²) < 4.78 is 31.6. The summed E-state index contributed by atoms with van der Waals surface area (Å²) in [5.74, 6) is 0. The molecule has 1 aromatic carbocycles. The third kappa shape index (κ3) is 3.47. The first-order valence-corrected chi connectivity index (χ1v) is 7.99. The minimum Gasteiger partial charge on any atom is -0.452 e. The Hall–Kier alpha value is -1.34. The number of furan rings is 1. The molecule has 7 heteroatoms. The zero-order valence-electron chi connectivity index (χ0n) is 11.3. The molecule has 2 N–H and O–H groups in total. The third-order valence-corrected chi connectivity index (χ3v) is 4.76. The summed E-state index contributed by atoms with van der Waals surface area (Å²) in [6.07, 6.45) is 2.32. The van der Waals surface area contributed by atoms with Gasteiger partial charge < -0.3 is 9.73 Å². The van der Waals surface area contributed by atoms with E-state index >= 15 is 0 Å². The van der Waals surface area contributed by atoms with E-state index in [-0.39, 0.29) is 23.5 Å². The average Bonchev–Trinajstić information content (AvgIpc) is 3.00. The summed E-state index contributed by atoms with van der Waals surface area (Å²) in [4.78, 5) is 0. The maximum atomic E-state index is 12.0. The minimum atomic E-state index is -3.58. The molecule has 1 aromatic heterocycles. The minimum absolute atomic E-state index is 0. The largest absolute Gasteiger partial charge is 0.452 e. The Morgan fingerprint density at radius 2 is 2.05 bits per heavy atom. The second kappa shape index (κ2) is 6.62. The molecule has 1 aliphatic heterocycles. The van der Waals surface area contributed by atoms with E-state index in [0.29, 0.717) is 6.54 Å². The van der Waals surface area contributed by atoms with Crippen molar-refractivity contribution in [2.45, 2.75) is 17.6 Å². The van der Waals surface area contributed by atoms with E-state index in [0.717, 1.165) is 18.5 Å². The summed E-state index contributed by atoms with van der Waals surface area (Å²) in [7, 11) is -3.58. The lowest BCUT2D eigenvalue weighted by Crippen LogP contribution is -2.38. The van der Waals surface area contributed by atoms with Crippen LogP contribution in [0.2, 0.25) is 0 Å². The van der Waals surface area contributed by atoms with E-state index in [1.165, 1.54) is 17.9 Å². The Balaban J connectivity index is 0.00000161. The monoisotopic (exact) mass is 328 g/mol. The van der Waals surface area contributed by atoms with E-state index in [1.54, 1.807) is 6.07 Å². The van der Waals surface area contributed by atoms with Gasteiger partial charge in [0.1, 0.15) is 0 Å². The molecule has 0 radical (unpaired) electrons. The average molecular weight is 329 g/mol. The molecular formula is C14H17ClN2O3S. The van der Waals surface area contributed by atoms with Crippen LogP contribution in [0, 0.1) is 0 Å². The van der Waals surface area contributed by atoms with Gasteiger partial charge in [0, 0.05) is 12.6 Å². The molecule has 0 amide bonds. The molecule has 1 atom stereocenters. The molecule has 5 nitrogen and oxygen atoms in total. The molecule has 3 rings (SSSR count). The second-order valence-electron chi connectivity index (χ2n) is 4.74. The van der Waals surface area contributed by atoms with E-state index in [4.69, 9.17) is 4.42 Å². The normalized spacial score (nSPS) is 17.8. The number of halogens is 1. The zero-order valence-corrected chi connectivity index (χ0v) is 12.9. The van der Waals surface area contributed by atoms with Crippen LogP contribution >= 0.6 is 12.4 Å². The molecule has 0 aliphatic carbocycles. The topological polar surface area (TPSA) is 71.3 Å². The van der Waals surface area contributed by atoms with Crippen LogP contribution in [0.3, 0.4) is 0 Å². The van der Waals surface area contributed by atoms with E-state index < -0.39 is 10.0 Å². The number of fused-ring (bicyclic) bond motifs is 1. The lowest BCUT2D eigenvalue weighted by atomic mass is 9.95. The maximum absolute atomic E-state index is 12.0. The summed E-state index contributed by atoms with van der Waals surface area (Å²) in [5, 5.41) is 3.28. The summed E-state index contributed by atoms with van der Waals surface area (Å²) >= 11 is 0. The van der Waals surface area contributed by atoms with Gasteiger partial charge in [-0.2, -0.15) is 0 Å². The van der Waals surface area contributed by atoms with Crippen LogP contribution < -0.4 is 10.0 Å². The highest BCUT2D eigenvalue weighted by Gasteiger charge is 2.23. The fourth-order valence-electron chi connectivity index (χ4n) is 2.46.